The molecule has 0 saturated heterocycles. The molecule has 0 saturated carbocycles. The van der Waals surface area contributed by atoms with Crippen LogP contribution in [0.1, 0.15) is 36.2 Å². The molecule has 0 bridgehead atoms. The zero-order valence-corrected chi connectivity index (χ0v) is 14.6. The van der Waals surface area contributed by atoms with E-state index < -0.39 is 0 Å². The Kier molecular flexibility index (Phi) is 6.38. The van der Waals surface area contributed by atoms with Gasteiger partial charge in [0.2, 0.25) is 5.91 Å². The molecule has 2 aromatic carbocycles. The van der Waals surface area contributed by atoms with Gasteiger partial charge in [0.25, 0.3) is 5.91 Å². The fraction of sp³-hybridized carbons (Fsp3) is 0.263. The van der Waals surface area contributed by atoms with Gasteiger partial charge in [-0.3, -0.25) is 9.59 Å². The van der Waals surface area contributed by atoms with Gasteiger partial charge in [0.15, 0.2) is 0 Å². The fourth-order valence-corrected chi connectivity index (χ4v) is 2.43. The molecule has 0 aromatic heterocycles. The Morgan fingerprint density at radius 2 is 1.88 bits per heavy atom. The molecule has 2 rings (SSSR count). The summed E-state index contributed by atoms with van der Waals surface area (Å²) in [6, 6.07) is 14.2. The molecule has 0 fully saturated rings. The van der Waals surface area contributed by atoms with Crippen molar-refractivity contribution in [2.45, 2.75) is 32.7 Å². The average Bonchev–Trinajstić information content (AvgIpc) is 2.55. The summed E-state index contributed by atoms with van der Waals surface area (Å²) in [7, 11) is 0. The minimum atomic E-state index is -0.193. The highest BCUT2D eigenvalue weighted by atomic mass is 35.5. The summed E-state index contributed by atoms with van der Waals surface area (Å²) in [6.45, 7) is 3.95. The number of hydrogen-bond donors (Lipinski definition) is 2. The van der Waals surface area contributed by atoms with Crippen LogP contribution in [-0.2, 0) is 11.2 Å². The minimum Gasteiger partial charge on any atom is -0.350 e. The number of hydrogen-bond acceptors (Lipinski definition) is 2. The monoisotopic (exact) mass is 344 g/mol. The first kappa shape index (κ1) is 18.0. The first-order valence-electron chi connectivity index (χ1n) is 7.93. The summed E-state index contributed by atoms with van der Waals surface area (Å²) >= 11 is 5.93. The Morgan fingerprint density at radius 3 is 2.58 bits per heavy atom. The van der Waals surface area contributed by atoms with Crippen molar-refractivity contribution >= 4 is 29.1 Å². The molecule has 0 spiro atoms. The van der Waals surface area contributed by atoms with Crippen molar-refractivity contribution in [3.8, 4) is 0 Å². The lowest BCUT2D eigenvalue weighted by Gasteiger charge is -2.14. The highest BCUT2D eigenvalue weighted by Gasteiger charge is 2.14. The van der Waals surface area contributed by atoms with E-state index in [1.807, 2.05) is 19.9 Å². The normalized spacial score (nSPS) is 11.6. The molecule has 0 heterocycles. The van der Waals surface area contributed by atoms with Gasteiger partial charge < -0.3 is 10.6 Å². The van der Waals surface area contributed by atoms with Gasteiger partial charge in [-0.25, -0.2) is 0 Å². The van der Waals surface area contributed by atoms with Crippen LogP contribution < -0.4 is 10.6 Å². The molecule has 1 atom stereocenters. The molecule has 0 aliphatic heterocycles. The second kappa shape index (κ2) is 8.50. The molecule has 0 radical (unpaired) electrons. The number of amides is 2. The molecular formula is C19H21ClN2O2. The van der Waals surface area contributed by atoms with E-state index in [9.17, 15) is 9.59 Å². The van der Waals surface area contributed by atoms with Crippen molar-refractivity contribution in [1.29, 1.82) is 0 Å². The molecule has 4 nitrogen and oxygen atoms in total. The van der Waals surface area contributed by atoms with Crippen molar-refractivity contribution in [3.63, 3.8) is 0 Å². The summed E-state index contributed by atoms with van der Waals surface area (Å²) in [5, 5.41) is 6.31. The highest BCUT2D eigenvalue weighted by molar-refractivity contribution is 6.30. The number of para-hydroxylation sites is 1. The van der Waals surface area contributed by atoms with E-state index in [1.165, 1.54) is 0 Å². The molecular weight excluding hydrogens is 324 g/mol. The van der Waals surface area contributed by atoms with Gasteiger partial charge in [-0.05, 0) is 43.2 Å². The second-order valence-corrected chi connectivity index (χ2v) is 6.12. The van der Waals surface area contributed by atoms with Crippen molar-refractivity contribution in [2.75, 3.05) is 5.32 Å². The minimum absolute atomic E-state index is 0.0766. The summed E-state index contributed by atoms with van der Waals surface area (Å²) in [5.74, 6) is -0.385. The summed E-state index contributed by atoms with van der Waals surface area (Å²) in [4.78, 5) is 24.6. The zero-order chi connectivity index (χ0) is 17.5. The van der Waals surface area contributed by atoms with E-state index in [0.29, 0.717) is 16.3 Å². The van der Waals surface area contributed by atoms with Crippen LogP contribution in [0.4, 0.5) is 5.69 Å². The van der Waals surface area contributed by atoms with Crippen molar-refractivity contribution in [1.82, 2.24) is 5.32 Å². The Hall–Kier alpha value is -2.33. The molecule has 2 amide bonds. The third-order valence-electron chi connectivity index (χ3n) is 3.69. The van der Waals surface area contributed by atoms with Crippen molar-refractivity contribution in [3.05, 3.63) is 64.7 Å². The Bertz CT molecular complexity index is 731. The third-order valence-corrected chi connectivity index (χ3v) is 3.92. The molecule has 0 unspecified atom stereocenters. The van der Waals surface area contributed by atoms with Crippen molar-refractivity contribution < 1.29 is 9.59 Å². The van der Waals surface area contributed by atoms with E-state index in [0.717, 1.165) is 12.0 Å². The maximum atomic E-state index is 12.3. The van der Waals surface area contributed by atoms with Crippen LogP contribution in [0.15, 0.2) is 48.5 Å². The largest absolute Gasteiger partial charge is 0.350 e. The van der Waals surface area contributed by atoms with Gasteiger partial charge in [-0.1, -0.05) is 42.8 Å². The van der Waals surface area contributed by atoms with Crippen LogP contribution in [0.5, 0.6) is 0 Å². The molecule has 2 aromatic rings. The Morgan fingerprint density at radius 1 is 1.12 bits per heavy atom. The van der Waals surface area contributed by atoms with Crippen LogP contribution in [0, 0.1) is 0 Å². The predicted octanol–water partition coefficient (Wildman–Crippen LogP) is 4.05. The number of carbonyl (C=O) groups is 2. The van der Waals surface area contributed by atoms with Crippen LogP contribution in [0.25, 0.3) is 0 Å². The second-order valence-electron chi connectivity index (χ2n) is 5.68. The molecule has 0 aliphatic rings. The lowest BCUT2D eigenvalue weighted by molar-refractivity contribution is -0.115. The van der Waals surface area contributed by atoms with Crippen LogP contribution >= 0.6 is 11.6 Å². The van der Waals surface area contributed by atoms with E-state index in [-0.39, 0.29) is 24.3 Å². The number of nitrogens with one attached hydrogen (secondary N) is 2. The van der Waals surface area contributed by atoms with Gasteiger partial charge in [0.1, 0.15) is 0 Å². The standard InChI is InChI=1S/C19H21ClN2O2/c1-3-13(2)21-19(24)16-9-4-5-10-17(16)22-18(23)12-14-7-6-8-15(20)11-14/h4-11,13H,3,12H2,1-2H3,(H,21,24)(H,22,23)/t13-/m1/s1. The zero-order valence-electron chi connectivity index (χ0n) is 13.8. The summed E-state index contributed by atoms with van der Waals surface area (Å²) < 4.78 is 0. The average molecular weight is 345 g/mol. The van der Waals surface area contributed by atoms with Crippen LogP contribution in [0.2, 0.25) is 5.02 Å². The van der Waals surface area contributed by atoms with Gasteiger partial charge in [-0.15, -0.1) is 0 Å². The summed E-state index contributed by atoms with van der Waals surface area (Å²) in [6.07, 6.45) is 1.04. The maximum absolute atomic E-state index is 12.3. The topological polar surface area (TPSA) is 58.2 Å². The van der Waals surface area contributed by atoms with Gasteiger partial charge >= 0.3 is 0 Å². The van der Waals surface area contributed by atoms with Gasteiger partial charge in [-0.2, -0.15) is 0 Å². The first-order chi connectivity index (χ1) is 11.5. The Balaban J connectivity index is 2.09. The van der Waals surface area contributed by atoms with Gasteiger partial charge in [0.05, 0.1) is 17.7 Å². The first-order valence-corrected chi connectivity index (χ1v) is 8.31. The Labute approximate surface area is 147 Å². The van der Waals surface area contributed by atoms with Gasteiger partial charge in [0, 0.05) is 11.1 Å². The highest BCUT2D eigenvalue weighted by Crippen LogP contribution is 2.17. The third kappa shape index (κ3) is 5.10. The predicted molar refractivity (Wildman–Crippen MR) is 97.4 cm³/mol. The molecule has 24 heavy (non-hydrogen) atoms. The smallest absolute Gasteiger partial charge is 0.253 e. The fourth-order valence-electron chi connectivity index (χ4n) is 2.22. The van der Waals surface area contributed by atoms with Crippen LogP contribution in [-0.4, -0.2) is 17.9 Å². The number of carbonyl (C=O) groups excluding carboxylic acids is 2. The molecule has 5 heteroatoms. The summed E-state index contributed by atoms with van der Waals surface area (Å²) in [5.41, 5.74) is 1.78. The molecule has 0 aliphatic carbocycles. The van der Waals surface area contributed by atoms with Crippen LogP contribution in [0.3, 0.4) is 0 Å². The number of benzene rings is 2. The number of rotatable bonds is 6. The number of halogens is 1. The van der Waals surface area contributed by atoms with E-state index >= 15 is 0 Å². The lowest BCUT2D eigenvalue weighted by atomic mass is 10.1. The lowest BCUT2D eigenvalue weighted by Crippen LogP contribution is -2.32. The van der Waals surface area contributed by atoms with E-state index in [1.54, 1.807) is 42.5 Å². The maximum Gasteiger partial charge on any atom is 0.253 e. The quantitative estimate of drug-likeness (QED) is 0.830. The van der Waals surface area contributed by atoms with Crippen molar-refractivity contribution in [2.24, 2.45) is 0 Å². The van der Waals surface area contributed by atoms with E-state index in [2.05, 4.69) is 10.6 Å². The molecule has 126 valence electrons. The number of anilines is 1. The SMILES string of the molecule is CC[C@@H](C)NC(=O)c1ccccc1NC(=O)Cc1cccc(Cl)c1. The van der Waals surface area contributed by atoms with E-state index in [4.69, 9.17) is 11.6 Å². The molecule has 2 N–H and O–H groups in total.